The van der Waals surface area contributed by atoms with Gasteiger partial charge in [0.2, 0.25) is 0 Å². The van der Waals surface area contributed by atoms with E-state index in [0.717, 1.165) is 18.4 Å². The number of rotatable bonds is 2. The average molecular weight is 346 g/mol. The highest BCUT2D eigenvalue weighted by Crippen LogP contribution is 2.56. The van der Waals surface area contributed by atoms with E-state index in [9.17, 15) is 9.59 Å². The summed E-state index contributed by atoms with van der Waals surface area (Å²) in [5.41, 5.74) is 2.88. The number of cyclic esters (lactones) is 1. The standard InChI is InChI=1S/C21H30O4/c1-6-14-16(21(5)11-7-10-20(3,4)12-21)9-8-15-17(14)19(24-13(2)22)25-18(15)23/h6,9,15,17,19H,7-8,10-12H2,1-5H3. The Labute approximate surface area is 150 Å². The normalized spacial score (nSPS) is 38.8. The minimum atomic E-state index is -0.787. The van der Waals surface area contributed by atoms with Crippen LogP contribution in [-0.4, -0.2) is 18.2 Å². The van der Waals surface area contributed by atoms with Gasteiger partial charge < -0.3 is 9.47 Å². The van der Waals surface area contributed by atoms with E-state index in [-0.39, 0.29) is 23.2 Å². The van der Waals surface area contributed by atoms with Gasteiger partial charge in [0.15, 0.2) is 0 Å². The van der Waals surface area contributed by atoms with E-state index in [2.05, 4.69) is 32.9 Å². The van der Waals surface area contributed by atoms with E-state index in [1.165, 1.54) is 25.3 Å². The molecule has 0 aromatic heterocycles. The first-order valence-electron chi connectivity index (χ1n) is 9.42. The van der Waals surface area contributed by atoms with Gasteiger partial charge in [0, 0.05) is 6.92 Å². The number of allylic oxidation sites excluding steroid dienone is 3. The second-order valence-corrected chi connectivity index (χ2v) is 8.90. The first kappa shape index (κ1) is 18.2. The first-order chi connectivity index (χ1) is 11.7. The van der Waals surface area contributed by atoms with E-state index in [1.54, 1.807) is 0 Å². The van der Waals surface area contributed by atoms with E-state index in [4.69, 9.17) is 9.47 Å². The van der Waals surface area contributed by atoms with Gasteiger partial charge in [0.25, 0.3) is 6.29 Å². The molecule has 1 saturated heterocycles. The lowest BCUT2D eigenvalue weighted by Gasteiger charge is -2.47. The molecule has 25 heavy (non-hydrogen) atoms. The highest BCUT2D eigenvalue weighted by atomic mass is 16.7. The number of hydrogen-bond donors (Lipinski definition) is 0. The molecule has 4 unspecified atom stereocenters. The van der Waals surface area contributed by atoms with Crippen LogP contribution in [0.15, 0.2) is 23.3 Å². The van der Waals surface area contributed by atoms with Gasteiger partial charge in [0.1, 0.15) is 0 Å². The highest BCUT2D eigenvalue weighted by molar-refractivity contribution is 5.78. The molecule has 3 rings (SSSR count). The number of hydrogen-bond acceptors (Lipinski definition) is 4. The van der Waals surface area contributed by atoms with Crippen molar-refractivity contribution in [2.75, 3.05) is 0 Å². The summed E-state index contributed by atoms with van der Waals surface area (Å²) in [6.07, 6.45) is 8.98. The van der Waals surface area contributed by atoms with Gasteiger partial charge in [-0.2, -0.15) is 0 Å². The molecular formula is C21H30O4. The van der Waals surface area contributed by atoms with Gasteiger partial charge >= 0.3 is 11.9 Å². The lowest BCUT2D eigenvalue weighted by molar-refractivity contribution is -0.178. The maximum absolute atomic E-state index is 12.3. The van der Waals surface area contributed by atoms with E-state index < -0.39 is 12.3 Å². The van der Waals surface area contributed by atoms with Crippen LogP contribution >= 0.6 is 0 Å². The monoisotopic (exact) mass is 346 g/mol. The average Bonchev–Trinajstić information content (AvgIpc) is 2.80. The molecule has 0 aromatic carbocycles. The molecule has 1 aliphatic heterocycles. The second-order valence-electron chi connectivity index (χ2n) is 8.90. The van der Waals surface area contributed by atoms with Crippen LogP contribution in [0.5, 0.6) is 0 Å². The van der Waals surface area contributed by atoms with Crippen molar-refractivity contribution in [3.63, 3.8) is 0 Å². The topological polar surface area (TPSA) is 52.6 Å². The van der Waals surface area contributed by atoms with E-state index >= 15 is 0 Å². The van der Waals surface area contributed by atoms with Crippen LogP contribution in [0.4, 0.5) is 0 Å². The molecule has 4 nitrogen and oxygen atoms in total. The Morgan fingerprint density at radius 1 is 1.32 bits per heavy atom. The van der Waals surface area contributed by atoms with Crippen molar-refractivity contribution < 1.29 is 19.1 Å². The van der Waals surface area contributed by atoms with Crippen LogP contribution in [0, 0.1) is 22.7 Å². The lowest BCUT2D eigenvalue weighted by Crippen LogP contribution is -2.38. The maximum atomic E-state index is 12.3. The van der Waals surface area contributed by atoms with Crippen molar-refractivity contribution >= 4 is 11.9 Å². The van der Waals surface area contributed by atoms with Crippen molar-refractivity contribution in [3.05, 3.63) is 23.3 Å². The zero-order valence-corrected chi connectivity index (χ0v) is 16.1. The zero-order valence-electron chi connectivity index (χ0n) is 16.1. The van der Waals surface area contributed by atoms with Crippen LogP contribution in [-0.2, 0) is 19.1 Å². The Morgan fingerprint density at radius 3 is 2.64 bits per heavy atom. The molecule has 2 fully saturated rings. The Balaban J connectivity index is 1.96. The largest absolute Gasteiger partial charge is 0.425 e. The lowest BCUT2D eigenvalue weighted by atomic mass is 9.57. The number of carbonyl (C=O) groups excluding carboxylic acids is 2. The summed E-state index contributed by atoms with van der Waals surface area (Å²) in [7, 11) is 0. The van der Waals surface area contributed by atoms with E-state index in [1.807, 2.05) is 6.92 Å². The summed E-state index contributed by atoms with van der Waals surface area (Å²) < 4.78 is 10.7. The zero-order chi connectivity index (χ0) is 18.4. The Bertz CT molecular complexity index is 642. The van der Waals surface area contributed by atoms with Crippen LogP contribution in [0.3, 0.4) is 0 Å². The molecule has 0 N–H and O–H groups in total. The summed E-state index contributed by atoms with van der Waals surface area (Å²) in [6.45, 7) is 10.4. The number of esters is 2. The molecule has 0 bridgehead atoms. The van der Waals surface area contributed by atoms with Gasteiger partial charge in [-0.25, -0.2) is 0 Å². The van der Waals surface area contributed by atoms with E-state index in [0.29, 0.717) is 11.8 Å². The van der Waals surface area contributed by atoms with Crippen molar-refractivity contribution in [1.82, 2.24) is 0 Å². The molecule has 138 valence electrons. The molecule has 0 amide bonds. The number of fused-ring (bicyclic) bond motifs is 1. The third-order valence-electron chi connectivity index (χ3n) is 6.20. The first-order valence-corrected chi connectivity index (χ1v) is 9.42. The van der Waals surface area contributed by atoms with Crippen LogP contribution < -0.4 is 0 Å². The van der Waals surface area contributed by atoms with Crippen molar-refractivity contribution in [1.29, 1.82) is 0 Å². The summed E-state index contributed by atoms with van der Waals surface area (Å²) in [6, 6.07) is 0. The van der Waals surface area contributed by atoms with Crippen molar-refractivity contribution in [2.45, 2.75) is 73.0 Å². The van der Waals surface area contributed by atoms with Gasteiger partial charge in [-0.3, -0.25) is 9.59 Å². The molecule has 2 aliphatic carbocycles. The molecule has 4 atom stereocenters. The van der Waals surface area contributed by atoms with Crippen LogP contribution in [0.2, 0.25) is 0 Å². The Morgan fingerprint density at radius 2 is 2.04 bits per heavy atom. The molecule has 1 saturated carbocycles. The molecule has 1 heterocycles. The molecule has 4 heteroatoms. The fraction of sp³-hybridized carbons (Fsp3) is 0.714. The smallest absolute Gasteiger partial charge is 0.313 e. The summed E-state index contributed by atoms with van der Waals surface area (Å²) in [4.78, 5) is 23.7. The summed E-state index contributed by atoms with van der Waals surface area (Å²) in [5, 5.41) is 0. The molecule has 0 aromatic rings. The van der Waals surface area contributed by atoms with Gasteiger partial charge in [-0.05, 0) is 54.6 Å². The van der Waals surface area contributed by atoms with Crippen LogP contribution in [0.1, 0.15) is 66.7 Å². The minimum absolute atomic E-state index is 0.0982. The Kier molecular flexibility index (Phi) is 4.59. The summed E-state index contributed by atoms with van der Waals surface area (Å²) in [5.74, 6) is -1.07. The molecular weight excluding hydrogens is 316 g/mol. The van der Waals surface area contributed by atoms with Gasteiger partial charge in [-0.1, -0.05) is 39.3 Å². The van der Waals surface area contributed by atoms with Gasteiger partial charge in [0.05, 0.1) is 11.8 Å². The predicted octanol–water partition coefficient (Wildman–Crippen LogP) is 4.55. The molecule has 0 radical (unpaired) electrons. The third kappa shape index (κ3) is 3.28. The van der Waals surface area contributed by atoms with Crippen molar-refractivity contribution in [3.8, 4) is 0 Å². The van der Waals surface area contributed by atoms with Gasteiger partial charge in [-0.15, -0.1) is 0 Å². The number of ether oxygens (including phenoxy) is 2. The fourth-order valence-electron chi connectivity index (χ4n) is 5.38. The highest BCUT2D eigenvalue weighted by Gasteiger charge is 2.52. The third-order valence-corrected chi connectivity index (χ3v) is 6.20. The Hall–Kier alpha value is -1.58. The molecule has 3 aliphatic rings. The second kappa shape index (κ2) is 6.30. The van der Waals surface area contributed by atoms with Crippen molar-refractivity contribution in [2.24, 2.45) is 22.7 Å². The SMILES string of the molecule is CC=C1C(C2(C)CCCC(C)(C)C2)=CCC2C(=O)OC(OC(C)=O)C12. The predicted molar refractivity (Wildman–Crippen MR) is 95.4 cm³/mol. The summed E-state index contributed by atoms with van der Waals surface area (Å²) >= 11 is 0. The quantitative estimate of drug-likeness (QED) is 0.689. The fourth-order valence-corrected chi connectivity index (χ4v) is 5.38. The number of carbonyl (C=O) groups is 2. The van der Waals surface area contributed by atoms with Crippen LogP contribution in [0.25, 0.3) is 0 Å². The maximum Gasteiger partial charge on any atom is 0.313 e. The minimum Gasteiger partial charge on any atom is -0.425 e. The molecule has 0 spiro atoms.